The summed E-state index contributed by atoms with van der Waals surface area (Å²) in [6.07, 6.45) is 0. The van der Waals surface area contributed by atoms with Gasteiger partial charge in [-0.2, -0.15) is 0 Å². The maximum Gasteiger partial charge on any atom is 0.265 e. The molecule has 1 aliphatic heterocycles. The van der Waals surface area contributed by atoms with Crippen molar-refractivity contribution in [3.63, 3.8) is 0 Å². The van der Waals surface area contributed by atoms with Gasteiger partial charge in [0.2, 0.25) is 0 Å². The molecule has 0 aliphatic carbocycles. The second kappa shape index (κ2) is 8.58. The third kappa shape index (κ3) is 4.25. The number of amides is 2. The molecule has 1 aromatic heterocycles. The van der Waals surface area contributed by atoms with E-state index in [1.807, 2.05) is 67.3 Å². The lowest BCUT2D eigenvalue weighted by Crippen LogP contribution is -2.50. The van der Waals surface area contributed by atoms with Crippen LogP contribution in [0.2, 0.25) is 5.02 Å². The van der Waals surface area contributed by atoms with E-state index in [-0.39, 0.29) is 11.8 Å². The summed E-state index contributed by atoms with van der Waals surface area (Å²) in [7, 11) is 0. The Hall–Kier alpha value is -2.70. The van der Waals surface area contributed by atoms with E-state index in [1.165, 1.54) is 11.3 Å². The molecule has 0 atom stereocenters. The first-order valence-corrected chi connectivity index (χ1v) is 11.0. The molecule has 1 aliphatic rings. The summed E-state index contributed by atoms with van der Waals surface area (Å²) < 4.78 is 0. The summed E-state index contributed by atoms with van der Waals surface area (Å²) in [4.78, 5) is 34.6. The van der Waals surface area contributed by atoms with Crippen LogP contribution in [0.5, 0.6) is 0 Å². The largest absolute Gasteiger partial charge is 0.335 e. The van der Waals surface area contributed by atoms with Crippen LogP contribution in [0.25, 0.3) is 10.6 Å². The highest BCUT2D eigenvalue weighted by Gasteiger charge is 2.28. The molecular formula is C23H22ClN3O2S. The van der Waals surface area contributed by atoms with Crippen molar-refractivity contribution in [3.05, 3.63) is 75.3 Å². The maximum atomic E-state index is 13.1. The number of carbonyl (C=O) groups is 2. The van der Waals surface area contributed by atoms with Gasteiger partial charge < -0.3 is 9.80 Å². The maximum absolute atomic E-state index is 13.1. The summed E-state index contributed by atoms with van der Waals surface area (Å²) in [6.45, 7) is 5.93. The number of hydrogen-bond donors (Lipinski definition) is 0. The van der Waals surface area contributed by atoms with Crippen molar-refractivity contribution < 1.29 is 9.59 Å². The van der Waals surface area contributed by atoms with Crippen molar-refractivity contribution in [1.29, 1.82) is 0 Å². The summed E-state index contributed by atoms with van der Waals surface area (Å²) in [6, 6.07) is 15.1. The summed E-state index contributed by atoms with van der Waals surface area (Å²) in [5.41, 5.74) is 3.44. The number of rotatable bonds is 3. The highest BCUT2D eigenvalue weighted by molar-refractivity contribution is 7.17. The Bertz CT molecular complexity index is 1090. The average Bonchev–Trinajstić information content (AvgIpc) is 3.15. The Morgan fingerprint density at radius 1 is 0.933 bits per heavy atom. The molecule has 0 unspecified atom stereocenters. The molecule has 1 fully saturated rings. The SMILES string of the molecule is Cc1ccc(C(=O)N2CCN(C(=O)c3sc(-c4cccc(Cl)c4)nc3C)CC2)cc1. The van der Waals surface area contributed by atoms with Crippen LogP contribution >= 0.6 is 22.9 Å². The van der Waals surface area contributed by atoms with Crippen LogP contribution in [-0.4, -0.2) is 52.8 Å². The molecule has 4 rings (SSSR count). The number of benzene rings is 2. The molecule has 0 bridgehead atoms. The normalized spacial score (nSPS) is 14.1. The Morgan fingerprint density at radius 2 is 1.57 bits per heavy atom. The van der Waals surface area contributed by atoms with Crippen LogP contribution in [0.1, 0.15) is 31.3 Å². The predicted molar refractivity (Wildman–Crippen MR) is 120 cm³/mol. The van der Waals surface area contributed by atoms with E-state index in [4.69, 9.17) is 11.6 Å². The van der Waals surface area contributed by atoms with Gasteiger partial charge >= 0.3 is 0 Å². The van der Waals surface area contributed by atoms with Gasteiger partial charge in [0.25, 0.3) is 11.8 Å². The number of halogens is 1. The van der Waals surface area contributed by atoms with E-state index in [0.717, 1.165) is 21.8 Å². The number of carbonyl (C=O) groups excluding carboxylic acids is 2. The van der Waals surface area contributed by atoms with Gasteiger partial charge in [-0.1, -0.05) is 41.4 Å². The van der Waals surface area contributed by atoms with Gasteiger partial charge in [0, 0.05) is 42.3 Å². The quantitative estimate of drug-likeness (QED) is 0.595. The number of nitrogens with zero attached hydrogens (tertiary/aromatic N) is 3. The third-order valence-electron chi connectivity index (χ3n) is 5.22. The van der Waals surface area contributed by atoms with Crippen molar-refractivity contribution in [3.8, 4) is 10.6 Å². The molecule has 154 valence electrons. The number of thiazole rings is 1. The van der Waals surface area contributed by atoms with Gasteiger partial charge in [0.05, 0.1) is 5.69 Å². The first kappa shape index (κ1) is 20.6. The van der Waals surface area contributed by atoms with Crippen LogP contribution in [0.15, 0.2) is 48.5 Å². The van der Waals surface area contributed by atoms with Crippen LogP contribution in [-0.2, 0) is 0 Å². The van der Waals surface area contributed by atoms with Gasteiger partial charge in [-0.25, -0.2) is 4.98 Å². The van der Waals surface area contributed by atoms with E-state index < -0.39 is 0 Å². The van der Waals surface area contributed by atoms with Crippen molar-refractivity contribution in [1.82, 2.24) is 14.8 Å². The number of hydrogen-bond acceptors (Lipinski definition) is 4. The molecule has 5 nitrogen and oxygen atoms in total. The van der Waals surface area contributed by atoms with Gasteiger partial charge in [0.15, 0.2) is 0 Å². The molecule has 7 heteroatoms. The topological polar surface area (TPSA) is 53.5 Å². The standard InChI is InChI=1S/C23H22ClN3O2S/c1-15-6-8-17(9-7-15)22(28)26-10-12-27(13-11-26)23(29)20-16(2)25-21(30-20)18-4-3-5-19(24)14-18/h3-9,14H,10-13H2,1-2H3. The zero-order valence-electron chi connectivity index (χ0n) is 16.9. The molecule has 2 heterocycles. The lowest BCUT2D eigenvalue weighted by Gasteiger charge is -2.34. The van der Waals surface area contributed by atoms with Crippen LogP contribution in [0, 0.1) is 13.8 Å². The molecule has 2 amide bonds. The van der Waals surface area contributed by atoms with Crippen molar-refractivity contribution in [2.45, 2.75) is 13.8 Å². The minimum Gasteiger partial charge on any atom is -0.335 e. The summed E-state index contributed by atoms with van der Waals surface area (Å²) in [5.74, 6) is -0.0139. The Morgan fingerprint density at radius 3 is 2.20 bits per heavy atom. The highest BCUT2D eigenvalue weighted by Crippen LogP contribution is 2.30. The fraction of sp³-hybridized carbons (Fsp3) is 0.261. The fourth-order valence-corrected chi connectivity index (χ4v) is 4.70. The van der Waals surface area contributed by atoms with Crippen molar-refractivity contribution in [2.24, 2.45) is 0 Å². The summed E-state index contributed by atoms with van der Waals surface area (Å²) >= 11 is 7.47. The van der Waals surface area contributed by atoms with E-state index in [9.17, 15) is 9.59 Å². The van der Waals surface area contributed by atoms with Gasteiger partial charge in [-0.3, -0.25) is 9.59 Å². The molecule has 2 aromatic carbocycles. The van der Waals surface area contributed by atoms with Gasteiger partial charge in [-0.05, 0) is 38.1 Å². The molecule has 3 aromatic rings. The van der Waals surface area contributed by atoms with Crippen LogP contribution in [0.4, 0.5) is 0 Å². The second-order valence-electron chi connectivity index (χ2n) is 7.39. The van der Waals surface area contributed by atoms with Crippen LogP contribution in [0.3, 0.4) is 0 Å². The first-order chi connectivity index (χ1) is 14.4. The highest BCUT2D eigenvalue weighted by atomic mass is 35.5. The fourth-order valence-electron chi connectivity index (χ4n) is 3.47. The van der Waals surface area contributed by atoms with Crippen LogP contribution < -0.4 is 0 Å². The zero-order valence-corrected chi connectivity index (χ0v) is 18.5. The Balaban J connectivity index is 1.43. The Labute approximate surface area is 184 Å². The second-order valence-corrected chi connectivity index (χ2v) is 8.83. The minimum atomic E-state index is -0.0271. The van der Waals surface area contributed by atoms with E-state index in [2.05, 4.69) is 4.98 Å². The predicted octanol–water partition coefficient (Wildman–Crippen LogP) is 4.68. The smallest absolute Gasteiger partial charge is 0.265 e. The summed E-state index contributed by atoms with van der Waals surface area (Å²) in [5, 5.41) is 1.43. The molecule has 0 spiro atoms. The van der Waals surface area contributed by atoms with E-state index >= 15 is 0 Å². The first-order valence-electron chi connectivity index (χ1n) is 9.81. The van der Waals surface area contributed by atoms with Crippen molar-refractivity contribution >= 4 is 34.8 Å². The lowest BCUT2D eigenvalue weighted by atomic mass is 10.1. The van der Waals surface area contributed by atoms with E-state index in [1.54, 1.807) is 4.90 Å². The number of aryl methyl sites for hydroxylation is 2. The average molecular weight is 440 g/mol. The van der Waals surface area contributed by atoms with Gasteiger partial charge in [-0.15, -0.1) is 11.3 Å². The molecule has 0 N–H and O–H groups in total. The van der Waals surface area contributed by atoms with E-state index in [0.29, 0.717) is 41.6 Å². The molecular weight excluding hydrogens is 418 g/mol. The minimum absolute atomic E-state index is 0.0133. The monoisotopic (exact) mass is 439 g/mol. The molecule has 30 heavy (non-hydrogen) atoms. The molecule has 1 saturated heterocycles. The molecule has 0 radical (unpaired) electrons. The lowest BCUT2D eigenvalue weighted by molar-refractivity contribution is 0.0537. The number of aromatic nitrogens is 1. The third-order valence-corrected chi connectivity index (χ3v) is 6.64. The van der Waals surface area contributed by atoms with Crippen molar-refractivity contribution in [2.75, 3.05) is 26.2 Å². The Kier molecular flexibility index (Phi) is 5.88. The zero-order chi connectivity index (χ0) is 21.3. The van der Waals surface area contributed by atoms with Gasteiger partial charge in [0.1, 0.15) is 9.88 Å². The number of piperazine rings is 1. The molecule has 0 saturated carbocycles.